The van der Waals surface area contributed by atoms with Crippen molar-refractivity contribution in [2.45, 2.75) is 50.3 Å². The summed E-state index contributed by atoms with van der Waals surface area (Å²) in [5.74, 6) is 0. The number of hydrogen-bond acceptors (Lipinski definition) is 5. The van der Waals surface area contributed by atoms with Crippen molar-refractivity contribution in [3.63, 3.8) is 0 Å². The Balaban J connectivity index is 1.10. The maximum Gasteiger partial charge on any atom is 0.0864 e. The van der Waals surface area contributed by atoms with Gasteiger partial charge in [-0.1, -0.05) is 128 Å². The lowest BCUT2D eigenvalue weighted by atomic mass is 9.78. The minimum atomic E-state index is -0.0957. The van der Waals surface area contributed by atoms with Crippen molar-refractivity contribution >= 4 is 0 Å². The average Bonchev–Trinajstić information content (AvgIpc) is 3.17. The summed E-state index contributed by atoms with van der Waals surface area (Å²) in [5, 5.41) is 15.1. The first-order valence-electron chi connectivity index (χ1n) is 17.3. The molecule has 1 aliphatic heterocycles. The van der Waals surface area contributed by atoms with Gasteiger partial charge in [-0.3, -0.25) is 16.0 Å². The van der Waals surface area contributed by atoms with Gasteiger partial charge in [0.1, 0.15) is 0 Å². The summed E-state index contributed by atoms with van der Waals surface area (Å²) in [7, 11) is 0. The molecule has 5 aromatic carbocycles. The number of hydrogen-bond donors (Lipinski definition) is 5. The fraction of sp³-hybridized carbons (Fsp3) is 0.209. The lowest BCUT2D eigenvalue weighted by Gasteiger charge is -2.40. The highest BCUT2D eigenvalue weighted by Gasteiger charge is 2.32. The summed E-state index contributed by atoms with van der Waals surface area (Å²) in [6.07, 6.45) is 9.09. The average molecular weight is 630 g/mol. The molecule has 0 saturated carbocycles. The lowest BCUT2D eigenvalue weighted by Crippen LogP contribution is -2.59. The molecule has 6 N–H and O–H groups in total. The molecule has 5 nitrogen and oxygen atoms in total. The van der Waals surface area contributed by atoms with Crippen LogP contribution in [0.3, 0.4) is 0 Å². The number of nitrogens with one attached hydrogen (secondary N) is 4. The normalized spacial score (nSPS) is 23.2. The van der Waals surface area contributed by atoms with E-state index in [1.807, 2.05) is 0 Å². The van der Waals surface area contributed by atoms with Gasteiger partial charge in [0.05, 0.1) is 24.5 Å². The second kappa shape index (κ2) is 13.5. The standard InChI is InChI=1S/C43H43N5/c1-2-45-40-37-22-10-9-21-35(37)38-27-33(23-24-36(38)39(40)44)31-18-11-17-30(25-31)32-19-12-20-34(26-32)43-47-41(28-13-5-3-6-14-28)46-42(48-43)29-15-7-4-8-16-29/h3,5-7,9-27,39-43,45-48H,2,4,8,44H2,1H3. The zero-order valence-electron chi connectivity index (χ0n) is 27.4. The van der Waals surface area contributed by atoms with Gasteiger partial charge in [0.2, 0.25) is 0 Å². The van der Waals surface area contributed by atoms with E-state index in [4.69, 9.17) is 5.73 Å². The van der Waals surface area contributed by atoms with Crippen LogP contribution in [0.5, 0.6) is 0 Å². The molecular formula is C43H43N5. The van der Waals surface area contributed by atoms with E-state index in [1.54, 1.807) is 0 Å². The Kier molecular flexibility index (Phi) is 8.62. The second-order valence-electron chi connectivity index (χ2n) is 13.1. The van der Waals surface area contributed by atoms with Crippen LogP contribution < -0.4 is 27.0 Å². The van der Waals surface area contributed by atoms with E-state index >= 15 is 0 Å². The molecule has 5 atom stereocenters. The summed E-state index contributed by atoms with van der Waals surface area (Å²) < 4.78 is 0. The van der Waals surface area contributed by atoms with Crippen LogP contribution in [-0.2, 0) is 0 Å². The summed E-state index contributed by atoms with van der Waals surface area (Å²) in [4.78, 5) is 0. The maximum atomic E-state index is 6.87. The molecule has 5 aromatic rings. The van der Waals surface area contributed by atoms with Crippen molar-refractivity contribution in [2.24, 2.45) is 5.73 Å². The van der Waals surface area contributed by atoms with Gasteiger partial charge in [0.25, 0.3) is 0 Å². The predicted molar refractivity (Wildman–Crippen MR) is 198 cm³/mol. The van der Waals surface area contributed by atoms with Crippen LogP contribution in [0.2, 0.25) is 0 Å². The Morgan fingerprint density at radius 3 is 2.04 bits per heavy atom. The third kappa shape index (κ3) is 5.96. The van der Waals surface area contributed by atoms with Gasteiger partial charge in [-0.15, -0.1) is 0 Å². The van der Waals surface area contributed by atoms with E-state index in [9.17, 15) is 0 Å². The molecule has 5 unspecified atom stereocenters. The fourth-order valence-corrected chi connectivity index (χ4v) is 7.59. The van der Waals surface area contributed by atoms with Crippen LogP contribution in [0.1, 0.15) is 66.4 Å². The number of likely N-dealkylation sites (N-methyl/N-ethyl adjacent to an activating group) is 1. The number of benzene rings is 5. The van der Waals surface area contributed by atoms with Gasteiger partial charge >= 0.3 is 0 Å². The first-order valence-corrected chi connectivity index (χ1v) is 17.3. The monoisotopic (exact) mass is 629 g/mol. The summed E-state index contributed by atoms with van der Waals surface area (Å²) in [5.41, 5.74) is 20.3. The fourth-order valence-electron chi connectivity index (χ4n) is 7.59. The molecule has 1 heterocycles. The highest BCUT2D eigenvalue weighted by Crippen LogP contribution is 2.45. The Morgan fingerprint density at radius 2 is 1.27 bits per heavy atom. The Bertz CT molecular complexity index is 1980. The van der Waals surface area contributed by atoms with Crippen molar-refractivity contribution in [2.75, 3.05) is 6.54 Å². The van der Waals surface area contributed by atoms with Crippen LogP contribution in [0.4, 0.5) is 0 Å². The van der Waals surface area contributed by atoms with Crippen LogP contribution in [0.15, 0.2) is 145 Å². The van der Waals surface area contributed by atoms with Crippen LogP contribution in [-0.4, -0.2) is 12.7 Å². The molecule has 0 spiro atoms. The molecule has 8 rings (SSSR count). The van der Waals surface area contributed by atoms with Gasteiger partial charge in [0, 0.05) is 6.04 Å². The molecule has 2 aliphatic carbocycles. The molecule has 0 amide bonds. The second-order valence-corrected chi connectivity index (χ2v) is 13.1. The van der Waals surface area contributed by atoms with Crippen molar-refractivity contribution in [3.8, 4) is 33.4 Å². The molecule has 3 aliphatic rings. The largest absolute Gasteiger partial charge is 0.322 e. The molecule has 0 aromatic heterocycles. The van der Waals surface area contributed by atoms with E-state index < -0.39 is 0 Å². The van der Waals surface area contributed by atoms with E-state index in [1.165, 1.54) is 61.2 Å². The van der Waals surface area contributed by atoms with Gasteiger partial charge < -0.3 is 11.1 Å². The van der Waals surface area contributed by atoms with Gasteiger partial charge in [-0.25, -0.2) is 0 Å². The summed E-state index contributed by atoms with van der Waals surface area (Å²) in [6, 6.07) is 44.0. The first-order chi connectivity index (χ1) is 23.7. The lowest BCUT2D eigenvalue weighted by molar-refractivity contribution is 0.224. The zero-order chi connectivity index (χ0) is 32.5. The Labute approximate surface area is 284 Å². The van der Waals surface area contributed by atoms with Crippen molar-refractivity contribution in [1.82, 2.24) is 21.3 Å². The van der Waals surface area contributed by atoms with Crippen molar-refractivity contribution < 1.29 is 0 Å². The first kappa shape index (κ1) is 30.7. The highest BCUT2D eigenvalue weighted by molar-refractivity contribution is 5.81. The van der Waals surface area contributed by atoms with Gasteiger partial charge in [0.15, 0.2) is 0 Å². The minimum Gasteiger partial charge on any atom is -0.322 e. The third-order valence-electron chi connectivity index (χ3n) is 10.0. The third-order valence-corrected chi connectivity index (χ3v) is 10.0. The van der Waals surface area contributed by atoms with Crippen molar-refractivity contribution in [3.05, 3.63) is 167 Å². The van der Waals surface area contributed by atoms with Crippen LogP contribution in [0.25, 0.3) is 33.4 Å². The smallest absolute Gasteiger partial charge is 0.0864 e. The van der Waals surface area contributed by atoms with Crippen LogP contribution >= 0.6 is 0 Å². The molecule has 0 bridgehead atoms. The Hall–Kier alpha value is -4.62. The number of nitrogens with two attached hydrogens (primary N) is 1. The summed E-state index contributed by atoms with van der Waals surface area (Å²) >= 11 is 0. The van der Waals surface area contributed by atoms with E-state index in [2.05, 4.69) is 168 Å². The van der Waals surface area contributed by atoms with E-state index in [-0.39, 0.29) is 30.6 Å². The van der Waals surface area contributed by atoms with Crippen molar-refractivity contribution in [1.29, 1.82) is 0 Å². The number of rotatable bonds is 7. The van der Waals surface area contributed by atoms with Gasteiger partial charge in [-0.05, 0) is 98.8 Å². The van der Waals surface area contributed by atoms with E-state index in [0.717, 1.165) is 19.4 Å². The molecule has 1 saturated heterocycles. The molecule has 1 fully saturated rings. The van der Waals surface area contributed by atoms with Gasteiger partial charge in [-0.2, -0.15) is 0 Å². The molecule has 5 heteroatoms. The SMILES string of the molecule is CCNC1c2ccccc2-c2cc(-c3cccc(-c4cccc(C5NC(C6=CCCC=C6)NC(c6ccccc6)N5)c4)c3)ccc2C1N. The topological polar surface area (TPSA) is 74.1 Å². The van der Waals surface area contributed by atoms with Crippen LogP contribution in [0, 0.1) is 0 Å². The predicted octanol–water partition coefficient (Wildman–Crippen LogP) is 8.43. The molecular weight excluding hydrogens is 587 g/mol. The van der Waals surface area contributed by atoms with E-state index in [0.29, 0.717) is 0 Å². The molecule has 48 heavy (non-hydrogen) atoms. The summed E-state index contributed by atoms with van der Waals surface area (Å²) in [6.45, 7) is 3.02. The highest BCUT2D eigenvalue weighted by atomic mass is 15.4. The quantitative estimate of drug-likeness (QED) is 0.125. The minimum absolute atomic E-state index is 0.0148. The Morgan fingerprint density at radius 1 is 0.604 bits per heavy atom. The number of fused-ring (bicyclic) bond motifs is 3. The maximum absolute atomic E-state index is 6.87. The molecule has 0 radical (unpaired) electrons. The number of allylic oxidation sites excluding steroid dienone is 2. The molecule has 240 valence electrons. The zero-order valence-corrected chi connectivity index (χ0v) is 27.4.